The highest BCUT2D eigenvalue weighted by molar-refractivity contribution is 5.41. The van der Waals surface area contributed by atoms with Crippen molar-refractivity contribution in [1.29, 1.82) is 5.26 Å². The van der Waals surface area contributed by atoms with Gasteiger partial charge >= 0.3 is 0 Å². The highest BCUT2D eigenvalue weighted by Gasteiger charge is 2.00. The van der Waals surface area contributed by atoms with Crippen LogP contribution < -0.4 is 5.32 Å². The zero-order chi connectivity index (χ0) is 12.1. The second kappa shape index (κ2) is 4.99. The number of benzene rings is 1. The molecule has 0 unspecified atom stereocenters. The molecule has 0 saturated carbocycles. The lowest BCUT2D eigenvalue weighted by atomic mass is 10.2. The van der Waals surface area contributed by atoms with Crippen molar-refractivity contribution < 1.29 is 5.11 Å². The maximum atomic E-state index is 9.58. The van der Waals surface area contributed by atoms with Gasteiger partial charge in [0.2, 0.25) is 0 Å². The van der Waals surface area contributed by atoms with Crippen LogP contribution in [0.5, 0.6) is 5.75 Å². The fourth-order valence-corrected chi connectivity index (χ4v) is 1.44. The van der Waals surface area contributed by atoms with Gasteiger partial charge in [-0.15, -0.1) is 0 Å². The van der Waals surface area contributed by atoms with Crippen molar-refractivity contribution in [3.05, 3.63) is 53.7 Å². The van der Waals surface area contributed by atoms with E-state index >= 15 is 0 Å². The first kappa shape index (κ1) is 11.0. The van der Waals surface area contributed by atoms with Crippen molar-refractivity contribution >= 4 is 5.82 Å². The molecule has 0 fully saturated rings. The van der Waals surface area contributed by atoms with Gasteiger partial charge in [0, 0.05) is 12.1 Å². The average Bonchev–Trinajstić information content (AvgIpc) is 2.38. The van der Waals surface area contributed by atoms with E-state index in [1.807, 2.05) is 18.2 Å². The van der Waals surface area contributed by atoms with E-state index < -0.39 is 0 Å². The zero-order valence-corrected chi connectivity index (χ0v) is 9.09. The van der Waals surface area contributed by atoms with Crippen LogP contribution in [0.3, 0.4) is 0 Å². The summed E-state index contributed by atoms with van der Waals surface area (Å²) in [6.45, 7) is 0.467. The van der Waals surface area contributed by atoms with Crippen molar-refractivity contribution in [3.8, 4) is 11.8 Å². The van der Waals surface area contributed by atoms with E-state index in [0.717, 1.165) is 5.56 Å². The summed E-state index contributed by atoms with van der Waals surface area (Å²) in [5, 5.41) is 21.3. The number of phenols is 1. The predicted octanol–water partition coefficient (Wildman–Crippen LogP) is 2.27. The monoisotopic (exact) mass is 225 g/mol. The first-order chi connectivity index (χ1) is 8.29. The van der Waals surface area contributed by atoms with Crippen LogP contribution in [0.2, 0.25) is 0 Å². The van der Waals surface area contributed by atoms with Gasteiger partial charge in [0.1, 0.15) is 23.3 Å². The largest absolute Gasteiger partial charge is 0.508 e. The lowest BCUT2D eigenvalue weighted by Gasteiger charge is -2.07. The molecule has 0 amide bonds. The number of nitrogens with one attached hydrogen (secondary N) is 1. The second-order valence-corrected chi connectivity index (χ2v) is 3.50. The standard InChI is InChI=1S/C13H11N3O/c14-8-11-5-3-7-13(16-11)15-9-10-4-1-2-6-12(10)17/h1-7,17H,9H2,(H,15,16). The lowest BCUT2D eigenvalue weighted by molar-refractivity contribution is 0.469. The number of pyridine rings is 1. The van der Waals surface area contributed by atoms with Gasteiger partial charge in [-0.2, -0.15) is 5.26 Å². The molecule has 1 aromatic carbocycles. The van der Waals surface area contributed by atoms with Gasteiger partial charge in [0.25, 0.3) is 0 Å². The Labute approximate surface area is 99.2 Å². The number of hydrogen-bond acceptors (Lipinski definition) is 4. The Balaban J connectivity index is 2.08. The fraction of sp³-hybridized carbons (Fsp3) is 0.0769. The van der Waals surface area contributed by atoms with Crippen LogP contribution in [0.25, 0.3) is 0 Å². The number of anilines is 1. The summed E-state index contributed by atoms with van der Waals surface area (Å²) in [4.78, 5) is 4.08. The smallest absolute Gasteiger partial charge is 0.142 e. The molecular weight excluding hydrogens is 214 g/mol. The minimum Gasteiger partial charge on any atom is -0.508 e. The fourth-order valence-electron chi connectivity index (χ4n) is 1.44. The molecule has 2 aromatic rings. The zero-order valence-electron chi connectivity index (χ0n) is 9.09. The van der Waals surface area contributed by atoms with E-state index in [1.165, 1.54) is 0 Å². The van der Waals surface area contributed by atoms with E-state index in [2.05, 4.69) is 10.3 Å². The Morgan fingerprint density at radius 2 is 2.00 bits per heavy atom. The Hall–Kier alpha value is -2.54. The molecule has 4 nitrogen and oxygen atoms in total. The molecule has 0 saturated heterocycles. The minimum atomic E-state index is 0.247. The van der Waals surface area contributed by atoms with E-state index in [4.69, 9.17) is 5.26 Å². The third-order valence-electron chi connectivity index (χ3n) is 2.32. The van der Waals surface area contributed by atoms with Crippen LogP contribution in [0.4, 0.5) is 5.82 Å². The first-order valence-electron chi connectivity index (χ1n) is 5.17. The summed E-state index contributed by atoms with van der Waals surface area (Å²) in [5.41, 5.74) is 1.16. The molecule has 0 spiro atoms. The van der Waals surface area contributed by atoms with E-state index in [9.17, 15) is 5.11 Å². The normalized spacial score (nSPS) is 9.59. The SMILES string of the molecule is N#Cc1cccc(NCc2ccccc2O)n1. The van der Waals surface area contributed by atoms with Crippen LogP contribution in [0.1, 0.15) is 11.3 Å². The molecule has 0 radical (unpaired) electrons. The number of hydrogen-bond donors (Lipinski definition) is 2. The number of rotatable bonds is 3. The molecule has 84 valence electrons. The van der Waals surface area contributed by atoms with Crippen LogP contribution in [-0.2, 0) is 6.54 Å². The van der Waals surface area contributed by atoms with Crippen molar-refractivity contribution in [2.24, 2.45) is 0 Å². The maximum absolute atomic E-state index is 9.58. The predicted molar refractivity (Wildman–Crippen MR) is 64.4 cm³/mol. The third-order valence-corrected chi connectivity index (χ3v) is 2.32. The highest BCUT2D eigenvalue weighted by atomic mass is 16.3. The molecular formula is C13H11N3O. The van der Waals surface area contributed by atoms with E-state index in [1.54, 1.807) is 30.3 Å². The summed E-state index contributed by atoms with van der Waals surface area (Å²) >= 11 is 0. The molecule has 17 heavy (non-hydrogen) atoms. The van der Waals surface area contributed by atoms with E-state index in [0.29, 0.717) is 18.1 Å². The van der Waals surface area contributed by atoms with Gasteiger partial charge in [-0.1, -0.05) is 24.3 Å². The molecule has 4 heteroatoms. The third kappa shape index (κ3) is 2.73. The van der Waals surface area contributed by atoms with Gasteiger partial charge < -0.3 is 10.4 Å². The quantitative estimate of drug-likeness (QED) is 0.840. The molecule has 0 aliphatic rings. The number of nitriles is 1. The van der Waals surface area contributed by atoms with Crippen molar-refractivity contribution in [2.75, 3.05) is 5.32 Å². The molecule has 1 aromatic heterocycles. The van der Waals surface area contributed by atoms with Crippen LogP contribution in [0, 0.1) is 11.3 Å². The van der Waals surface area contributed by atoms with E-state index in [-0.39, 0.29) is 5.75 Å². The molecule has 2 rings (SSSR count). The summed E-state index contributed by atoms with van der Waals surface area (Å²) in [5.74, 6) is 0.865. The second-order valence-electron chi connectivity index (χ2n) is 3.50. The highest BCUT2D eigenvalue weighted by Crippen LogP contribution is 2.16. The van der Waals surface area contributed by atoms with Crippen molar-refractivity contribution in [1.82, 2.24) is 4.98 Å². The number of aromatic hydroxyl groups is 1. The van der Waals surface area contributed by atoms with Gasteiger partial charge in [-0.05, 0) is 18.2 Å². The molecule has 0 bridgehead atoms. The topological polar surface area (TPSA) is 68.9 Å². The van der Waals surface area contributed by atoms with Gasteiger partial charge in [-0.25, -0.2) is 4.98 Å². The van der Waals surface area contributed by atoms with Gasteiger partial charge in [0.15, 0.2) is 0 Å². The number of para-hydroxylation sites is 1. The lowest BCUT2D eigenvalue weighted by Crippen LogP contribution is -2.02. The number of nitrogens with zero attached hydrogens (tertiary/aromatic N) is 2. The van der Waals surface area contributed by atoms with Gasteiger partial charge in [0.05, 0.1) is 0 Å². The van der Waals surface area contributed by atoms with Crippen LogP contribution in [0.15, 0.2) is 42.5 Å². The summed E-state index contributed by atoms with van der Waals surface area (Å²) in [6.07, 6.45) is 0. The van der Waals surface area contributed by atoms with Crippen LogP contribution >= 0.6 is 0 Å². The Kier molecular flexibility index (Phi) is 3.22. The van der Waals surface area contributed by atoms with Gasteiger partial charge in [-0.3, -0.25) is 0 Å². The summed E-state index contributed by atoms with van der Waals surface area (Å²) in [7, 11) is 0. The molecule has 0 atom stereocenters. The van der Waals surface area contributed by atoms with Crippen LogP contribution in [-0.4, -0.2) is 10.1 Å². The number of phenolic OH excluding ortho intramolecular Hbond substituents is 1. The Bertz CT molecular complexity index is 561. The average molecular weight is 225 g/mol. The van der Waals surface area contributed by atoms with Crippen molar-refractivity contribution in [3.63, 3.8) is 0 Å². The Morgan fingerprint density at radius 3 is 2.76 bits per heavy atom. The summed E-state index contributed by atoms with van der Waals surface area (Å²) < 4.78 is 0. The Morgan fingerprint density at radius 1 is 1.18 bits per heavy atom. The minimum absolute atomic E-state index is 0.247. The van der Waals surface area contributed by atoms with Crippen molar-refractivity contribution in [2.45, 2.75) is 6.54 Å². The first-order valence-corrected chi connectivity index (χ1v) is 5.17. The maximum Gasteiger partial charge on any atom is 0.142 e. The summed E-state index contributed by atoms with van der Waals surface area (Å²) in [6, 6.07) is 14.3. The molecule has 0 aliphatic carbocycles. The molecule has 1 heterocycles. The molecule has 2 N–H and O–H groups in total. The number of aromatic nitrogens is 1. The molecule has 0 aliphatic heterocycles.